The summed E-state index contributed by atoms with van der Waals surface area (Å²) in [5.74, 6) is 0. The van der Waals surface area contributed by atoms with Gasteiger partial charge < -0.3 is 15.6 Å². The third kappa shape index (κ3) is 4.40. The van der Waals surface area contributed by atoms with Crippen molar-refractivity contribution in [3.8, 4) is 0 Å². The number of hydrogen-bond donors (Lipinski definition) is 2. The van der Waals surface area contributed by atoms with Gasteiger partial charge in [0, 0.05) is 45.2 Å². The van der Waals surface area contributed by atoms with E-state index in [9.17, 15) is 0 Å². The van der Waals surface area contributed by atoms with E-state index in [-0.39, 0.29) is 12.6 Å². The molecule has 0 fully saturated rings. The molecule has 0 aliphatic heterocycles. The molecule has 0 aromatic carbocycles. The lowest BCUT2D eigenvalue weighted by Crippen LogP contribution is -2.38. The topological polar surface area (TPSA) is 71.6 Å². The lowest BCUT2D eigenvalue weighted by atomic mass is 10.1. The first-order valence-electron chi connectivity index (χ1n) is 5.77. The van der Waals surface area contributed by atoms with Crippen LogP contribution in [0.15, 0.2) is 24.5 Å². The van der Waals surface area contributed by atoms with Gasteiger partial charge in [0.25, 0.3) is 0 Å². The Kier molecular flexibility index (Phi) is 6.73. The van der Waals surface area contributed by atoms with Crippen LogP contribution in [0.2, 0.25) is 0 Å². The minimum atomic E-state index is 0.0750. The number of hydrogen-bond acceptors (Lipinski definition) is 5. The fourth-order valence-corrected chi connectivity index (χ4v) is 1.83. The van der Waals surface area contributed by atoms with Crippen molar-refractivity contribution in [2.75, 3.05) is 40.0 Å². The molecule has 0 spiro atoms. The molecule has 1 aromatic heterocycles. The summed E-state index contributed by atoms with van der Waals surface area (Å²) in [7, 11) is 1.67. The molecule has 1 aromatic rings. The predicted octanol–water partition coefficient (Wildman–Crippen LogP) is 0.0221. The molecule has 1 rings (SSSR count). The molecule has 0 saturated carbocycles. The van der Waals surface area contributed by atoms with Crippen LogP contribution in [0.4, 0.5) is 0 Å². The predicted molar refractivity (Wildman–Crippen MR) is 66.6 cm³/mol. The third-order valence-corrected chi connectivity index (χ3v) is 2.70. The third-order valence-electron chi connectivity index (χ3n) is 2.70. The van der Waals surface area contributed by atoms with Gasteiger partial charge in [-0.15, -0.1) is 0 Å². The van der Waals surface area contributed by atoms with Gasteiger partial charge >= 0.3 is 0 Å². The van der Waals surface area contributed by atoms with Crippen molar-refractivity contribution in [2.24, 2.45) is 5.73 Å². The Morgan fingerprint density at radius 1 is 1.53 bits per heavy atom. The Labute approximate surface area is 102 Å². The molecule has 0 saturated heterocycles. The van der Waals surface area contributed by atoms with Crippen molar-refractivity contribution < 1.29 is 9.84 Å². The molecular formula is C12H21N3O2. The highest BCUT2D eigenvalue weighted by molar-refractivity contribution is 5.14. The summed E-state index contributed by atoms with van der Waals surface area (Å²) in [5, 5.41) is 9.09. The molecular weight excluding hydrogens is 218 g/mol. The first kappa shape index (κ1) is 14.1. The van der Waals surface area contributed by atoms with E-state index in [0.717, 1.165) is 12.1 Å². The molecule has 17 heavy (non-hydrogen) atoms. The van der Waals surface area contributed by atoms with Gasteiger partial charge in [-0.25, -0.2) is 0 Å². The first-order chi connectivity index (χ1) is 8.33. The molecule has 1 atom stereocenters. The van der Waals surface area contributed by atoms with Crippen LogP contribution in [-0.2, 0) is 4.74 Å². The summed E-state index contributed by atoms with van der Waals surface area (Å²) >= 11 is 0. The molecule has 0 aliphatic carbocycles. The molecule has 0 aliphatic rings. The Morgan fingerprint density at radius 3 is 2.88 bits per heavy atom. The second-order valence-corrected chi connectivity index (χ2v) is 3.79. The number of aliphatic hydroxyl groups is 1. The zero-order valence-electron chi connectivity index (χ0n) is 10.2. The lowest BCUT2D eigenvalue weighted by molar-refractivity contribution is 0.103. The van der Waals surface area contributed by atoms with E-state index in [0.29, 0.717) is 19.7 Å². The highest BCUT2D eigenvalue weighted by Gasteiger charge is 2.18. The van der Waals surface area contributed by atoms with Crippen LogP contribution in [0.5, 0.6) is 0 Å². The number of nitrogens with two attached hydrogens (primary N) is 1. The number of pyridine rings is 1. The van der Waals surface area contributed by atoms with E-state index in [4.69, 9.17) is 15.6 Å². The molecule has 96 valence electrons. The van der Waals surface area contributed by atoms with Gasteiger partial charge in [-0.3, -0.25) is 9.88 Å². The zero-order valence-corrected chi connectivity index (χ0v) is 10.2. The van der Waals surface area contributed by atoms with Gasteiger partial charge in [-0.2, -0.15) is 0 Å². The molecule has 1 unspecified atom stereocenters. The summed E-state index contributed by atoms with van der Waals surface area (Å²) in [6.07, 6.45) is 3.55. The van der Waals surface area contributed by atoms with Crippen LogP contribution in [0.25, 0.3) is 0 Å². The number of aliphatic hydroxyl groups excluding tert-OH is 1. The summed E-state index contributed by atoms with van der Waals surface area (Å²) in [6, 6.07) is 3.97. The fraction of sp³-hybridized carbons (Fsp3) is 0.583. The summed E-state index contributed by atoms with van der Waals surface area (Å²) in [6.45, 7) is 2.56. The van der Waals surface area contributed by atoms with Crippen molar-refractivity contribution in [1.29, 1.82) is 0 Å². The van der Waals surface area contributed by atoms with E-state index in [2.05, 4.69) is 9.88 Å². The maximum absolute atomic E-state index is 9.09. The monoisotopic (exact) mass is 239 g/mol. The van der Waals surface area contributed by atoms with Crippen LogP contribution in [0, 0.1) is 0 Å². The highest BCUT2D eigenvalue weighted by atomic mass is 16.5. The van der Waals surface area contributed by atoms with E-state index < -0.39 is 0 Å². The summed E-state index contributed by atoms with van der Waals surface area (Å²) < 4.78 is 5.07. The summed E-state index contributed by atoms with van der Waals surface area (Å²) in [4.78, 5) is 6.21. The number of rotatable bonds is 8. The minimum Gasteiger partial charge on any atom is -0.395 e. The quantitative estimate of drug-likeness (QED) is 0.669. The van der Waals surface area contributed by atoms with Crippen molar-refractivity contribution in [1.82, 2.24) is 9.88 Å². The van der Waals surface area contributed by atoms with Gasteiger partial charge in [-0.05, 0) is 11.6 Å². The summed E-state index contributed by atoms with van der Waals surface area (Å²) in [5.41, 5.74) is 6.88. The van der Waals surface area contributed by atoms with Gasteiger partial charge in [0.2, 0.25) is 0 Å². The van der Waals surface area contributed by atoms with Crippen LogP contribution < -0.4 is 5.73 Å². The van der Waals surface area contributed by atoms with Gasteiger partial charge in [0.1, 0.15) is 0 Å². The Balaban J connectivity index is 2.73. The zero-order chi connectivity index (χ0) is 12.5. The SMILES string of the molecule is COCCN(CCO)C(CN)c1cccnc1. The average molecular weight is 239 g/mol. The smallest absolute Gasteiger partial charge is 0.0589 e. The Morgan fingerprint density at radius 2 is 2.35 bits per heavy atom. The number of aromatic nitrogens is 1. The number of nitrogens with zero attached hydrogens (tertiary/aromatic N) is 2. The van der Waals surface area contributed by atoms with Crippen molar-refractivity contribution in [2.45, 2.75) is 6.04 Å². The lowest BCUT2D eigenvalue weighted by Gasteiger charge is -2.30. The van der Waals surface area contributed by atoms with Crippen molar-refractivity contribution in [3.05, 3.63) is 30.1 Å². The van der Waals surface area contributed by atoms with Crippen molar-refractivity contribution in [3.63, 3.8) is 0 Å². The number of methoxy groups -OCH3 is 1. The standard InChI is InChI=1S/C12H21N3O2/c1-17-8-6-15(5-7-16)12(9-13)11-3-2-4-14-10-11/h2-4,10,12,16H,5-9,13H2,1H3. The van der Waals surface area contributed by atoms with Crippen LogP contribution in [-0.4, -0.2) is 54.9 Å². The van der Waals surface area contributed by atoms with Gasteiger partial charge in [0.15, 0.2) is 0 Å². The Bertz CT molecular complexity index is 295. The maximum atomic E-state index is 9.09. The van der Waals surface area contributed by atoms with Gasteiger partial charge in [0.05, 0.1) is 13.2 Å². The molecule has 0 radical (unpaired) electrons. The second kappa shape index (κ2) is 8.14. The largest absolute Gasteiger partial charge is 0.395 e. The number of ether oxygens (including phenoxy) is 1. The molecule has 3 N–H and O–H groups in total. The molecule has 5 nitrogen and oxygen atoms in total. The van der Waals surface area contributed by atoms with E-state index in [1.807, 2.05) is 18.3 Å². The normalized spacial score (nSPS) is 12.9. The molecule has 0 bridgehead atoms. The van der Waals surface area contributed by atoms with Crippen molar-refractivity contribution >= 4 is 0 Å². The molecule has 1 heterocycles. The molecule has 5 heteroatoms. The van der Waals surface area contributed by atoms with Crippen LogP contribution in [0.3, 0.4) is 0 Å². The van der Waals surface area contributed by atoms with Crippen LogP contribution in [0.1, 0.15) is 11.6 Å². The second-order valence-electron chi connectivity index (χ2n) is 3.79. The highest BCUT2D eigenvalue weighted by Crippen LogP contribution is 2.17. The maximum Gasteiger partial charge on any atom is 0.0589 e. The van der Waals surface area contributed by atoms with E-state index >= 15 is 0 Å². The average Bonchev–Trinajstić information content (AvgIpc) is 2.38. The van der Waals surface area contributed by atoms with Crippen LogP contribution >= 0.6 is 0 Å². The van der Waals surface area contributed by atoms with E-state index in [1.54, 1.807) is 13.3 Å². The fourth-order valence-electron chi connectivity index (χ4n) is 1.83. The van der Waals surface area contributed by atoms with E-state index in [1.165, 1.54) is 0 Å². The Hall–Kier alpha value is -1.01. The molecule has 0 amide bonds. The minimum absolute atomic E-state index is 0.0750. The van der Waals surface area contributed by atoms with Gasteiger partial charge in [-0.1, -0.05) is 6.07 Å². The first-order valence-corrected chi connectivity index (χ1v) is 5.77.